The van der Waals surface area contributed by atoms with Crippen molar-refractivity contribution in [1.82, 2.24) is 20.0 Å². The smallest absolute Gasteiger partial charge is 0.189 e. The minimum Gasteiger partial charge on any atom is -0.359 e. The molecule has 4 rings (SSSR count). The molecule has 3 aromatic heterocycles. The van der Waals surface area contributed by atoms with Crippen LogP contribution >= 0.6 is 0 Å². The van der Waals surface area contributed by atoms with Gasteiger partial charge in [0, 0.05) is 53.2 Å². The third-order valence-electron chi connectivity index (χ3n) is 4.19. The summed E-state index contributed by atoms with van der Waals surface area (Å²) in [6, 6.07) is 14.9. The number of aromatic nitrogens is 3. The van der Waals surface area contributed by atoms with Crippen LogP contribution < -0.4 is 5.43 Å². The lowest BCUT2D eigenvalue weighted by molar-refractivity contribution is 0.265. The summed E-state index contributed by atoms with van der Waals surface area (Å²) in [6.45, 7) is 1.19. The molecule has 130 valence electrons. The fraction of sp³-hybridized carbons (Fsp3) is 0.150. The van der Waals surface area contributed by atoms with E-state index in [9.17, 15) is 4.79 Å². The molecule has 0 aliphatic carbocycles. The van der Waals surface area contributed by atoms with Gasteiger partial charge in [-0.05, 0) is 31.3 Å². The van der Waals surface area contributed by atoms with Crippen molar-refractivity contribution in [2.45, 2.75) is 13.1 Å². The first kappa shape index (κ1) is 16.2. The van der Waals surface area contributed by atoms with Gasteiger partial charge in [0.25, 0.3) is 0 Å². The van der Waals surface area contributed by atoms with Gasteiger partial charge in [-0.15, -0.1) is 0 Å². The molecule has 4 aromatic rings. The highest BCUT2D eigenvalue weighted by Gasteiger charge is 2.10. The van der Waals surface area contributed by atoms with Crippen LogP contribution in [0.1, 0.15) is 11.5 Å². The highest BCUT2D eigenvalue weighted by Crippen LogP contribution is 2.19. The van der Waals surface area contributed by atoms with E-state index < -0.39 is 0 Å². The van der Waals surface area contributed by atoms with E-state index in [1.54, 1.807) is 18.5 Å². The monoisotopic (exact) mass is 346 g/mol. The van der Waals surface area contributed by atoms with Crippen molar-refractivity contribution in [2.75, 3.05) is 7.05 Å². The maximum Gasteiger partial charge on any atom is 0.189 e. The Balaban J connectivity index is 1.48. The van der Waals surface area contributed by atoms with Crippen LogP contribution in [0.2, 0.25) is 0 Å². The van der Waals surface area contributed by atoms with E-state index in [1.165, 1.54) is 0 Å². The van der Waals surface area contributed by atoms with Crippen molar-refractivity contribution >= 4 is 10.9 Å². The minimum absolute atomic E-state index is 0.0300. The van der Waals surface area contributed by atoms with Gasteiger partial charge in [-0.3, -0.25) is 14.7 Å². The predicted octanol–water partition coefficient (Wildman–Crippen LogP) is 3.21. The molecule has 0 atom stereocenters. The highest BCUT2D eigenvalue weighted by atomic mass is 16.5. The second-order valence-corrected chi connectivity index (χ2v) is 6.29. The normalized spacial score (nSPS) is 11.3. The summed E-state index contributed by atoms with van der Waals surface area (Å²) in [5.74, 6) is 0.766. The fourth-order valence-electron chi connectivity index (χ4n) is 3.00. The van der Waals surface area contributed by atoms with Gasteiger partial charge >= 0.3 is 0 Å². The molecule has 0 spiro atoms. The number of nitrogens with one attached hydrogen (secondary N) is 1. The molecule has 6 heteroatoms. The molecule has 6 nitrogen and oxygen atoms in total. The number of pyridine rings is 2. The van der Waals surface area contributed by atoms with Gasteiger partial charge in [0.1, 0.15) is 5.69 Å². The first-order valence-corrected chi connectivity index (χ1v) is 8.34. The van der Waals surface area contributed by atoms with Crippen LogP contribution in [-0.4, -0.2) is 27.1 Å². The Morgan fingerprint density at radius 2 is 1.88 bits per heavy atom. The lowest BCUT2D eigenvalue weighted by Crippen LogP contribution is -2.19. The standard InChI is InChI=1S/C20H18N4O2/c1-24(12-15-10-20(25)17-4-2-3-5-18(17)22-15)13-16-11-19(23-26-16)14-6-8-21-9-7-14/h2-11H,12-13H2,1H3,(H,22,25). The van der Waals surface area contributed by atoms with Crippen molar-refractivity contribution in [3.05, 3.63) is 82.6 Å². The van der Waals surface area contributed by atoms with E-state index in [4.69, 9.17) is 4.52 Å². The van der Waals surface area contributed by atoms with Gasteiger partial charge in [0.05, 0.1) is 6.54 Å². The van der Waals surface area contributed by atoms with E-state index >= 15 is 0 Å². The van der Waals surface area contributed by atoms with Crippen molar-refractivity contribution in [3.63, 3.8) is 0 Å². The number of hydrogen-bond donors (Lipinski definition) is 1. The molecule has 0 bridgehead atoms. The molecule has 3 heterocycles. The number of nitrogens with zero attached hydrogens (tertiary/aromatic N) is 3. The Morgan fingerprint density at radius 3 is 2.73 bits per heavy atom. The molecule has 0 radical (unpaired) electrons. The second kappa shape index (κ2) is 6.93. The number of hydrogen-bond acceptors (Lipinski definition) is 5. The Labute approximate surface area is 150 Å². The molecule has 0 fully saturated rings. The molecular formula is C20H18N4O2. The van der Waals surface area contributed by atoms with Crippen LogP contribution in [0.5, 0.6) is 0 Å². The topological polar surface area (TPSA) is 75.0 Å². The molecule has 1 aromatic carbocycles. The number of benzene rings is 1. The molecular weight excluding hydrogens is 328 g/mol. The molecule has 0 saturated heterocycles. The van der Waals surface area contributed by atoms with Crippen LogP contribution in [-0.2, 0) is 13.1 Å². The summed E-state index contributed by atoms with van der Waals surface area (Å²) in [6.07, 6.45) is 3.46. The Hall–Kier alpha value is -3.25. The molecule has 0 saturated carbocycles. The SMILES string of the molecule is CN(Cc1cc(=O)c2ccccc2[nH]1)Cc1cc(-c2ccncc2)no1. The summed E-state index contributed by atoms with van der Waals surface area (Å²) in [7, 11) is 1.97. The molecule has 0 aliphatic rings. The van der Waals surface area contributed by atoms with Crippen LogP contribution in [0, 0.1) is 0 Å². The summed E-state index contributed by atoms with van der Waals surface area (Å²) in [5.41, 5.74) is 3.50. The molecule has 0 aliphatic heterocycles. The maximum absolute atomic E-state index is 12.2. The molecule has 1 N–H and O–H groups in total. The summed E-state index contributed by atoms with van der Waals surface area (Å²) in [4.78, 5) is 21.6. The van der Waals surface area contributed by atoms with Crippen molar-refractivity contribution in [3.8, 4) is 11.3 Å². The van der Waals surface area contributed by atoms with Crippen LogP contribution in [0.15, 0.2) is 70.2 Å². The number of fused-ring (bicyclic) bond motifs is 1. The zero-order valence-corrected chi connectivity index (χ0v) is 14.3. The quantitative estimate of drug-likeness (QED) is 0.600. The van der Waals surface area contributed by atoms with Gasteiger partial charge in [-0.1, -0.05) is 17.3 Å². The third kappa shape index (κ3) is 3.41. The lowest BCUT2D eigenvalue weighted by Gasteiger charge is -2.15. The molecule has 0 unspecified atom stereocenters. The number of aromatic amines is 1. The van der Waals surface area contributed by atoms with Crippen LogP contribution in [0.3, 0.4) is 0 Å². The van der Waals surface area contributed by atoms with Crippen molar-refractivity contribution in [2.24, 2.45) is 0 Å². The summed E-state index contributed by atoms with van der Waals surface area (Å²) < 4.78 is 5.44. The Kier molecular flexibility index (Phi) is 4.33. The number of para-hydroxylation sites is 1. The Bertz CT molecular complexity index is 1090. The van der Waals surface area contributed by atoms with E-state index in [-0.39, 0.29) is 5.43 Å². The first-order chi connectivity index (χ1) is 12.7. The van der Waals surface area contributed by atoms with Gasteiger partial charge < -0.3 is 9.51 Å². The summed E-state index contributed by atoms with van der Waals surface area (Å²) in [5, 5.41) is 4.82. The minimum atomic E-state index is 0.0300. The third-order valence-corrected chi connectivity index (χ3v) is 4.19. The van der Waals surface area contributed by atoms with Gasteiger partial charge in [0.2, 0.25) is 0 Å². The van der Waals surface area contributed by atoms with E-state index in [0.717, 1.165) is 28.2 Å². The Morgan fingerprint density at radius 1 is 1.08 bits per heavy atom. The average molecular weight is 346 g/mol. The van der Waals surface area contributed by atoms with Crippen molar-refractivity contribution < 1.29 is 4.52 Å². The van der Waals surface area contributed by atoms with Gasteiger partial charge in [-0.25, -0.2) is 0 Å². The molecule has 26 heavy (non-hydrogen) atoms. The molecule has 0 amide bonds. The first-order valence-electron chi connectivity index (χ1n) is 8.34. The number of rotatable bonds is 5. The van der Waals surface area contributed by atoms with E-state index in [0.29, 0.717) is 18.5 Å². The lowest BCUT2D eigenvalue weighted by atomic mass is 10.2. The largest absolute Gasteiger partial charge is 0.359 e. The van der Waals surface area contributed by atoms with Crippen LogP contribution in [0.25, 0.3) is 22.2 Å². The summed E-state index contributed by atoms with van der Waals surface area (Å²) >= 11 is 0. The second-order valence-electron chi connectivity index (χ2n) is 6.29. The van der Waals surface area contributed by atoms with Crippen molar-refractivity contribution in [1.29, 1.82) is 0 Å². The fourth-order valence-corrected chi connectivity index (χ4v) is 3.00. The zero-order chi connectivity index (χ0) is 17.9. The van der Waals surface area contributed by atoms with E-state index in [1.807, 2.05) is 49.5 Å². The van der Waals surface area contributed by atoms with Gasteiger partial charge in [-0.2, -0.15) is 0 Å². The number of H-pyrrole nitrogens is 1. The predicted molar refractivity (Wildman–Crippen MR) is 99.5 cm³/mol. The van der Waals surface area contributed by atoms with E-state index in [2.05, 4.69) is 20.0 Å². The highest BCUT2D eigenvalue weighted by molar-refractivity contribution is 5.78. The van der Waals surface area contributed by atoms with Gasteiger partial charge in [0.15, 0.2) is 11.2 Å². The maximum atomic E-state index is 12.2. The average Bonchev–Trinajstić information content (AvgIpc) is 3.11. The van der Waals surface area contributed by atoms with Crippen LogP contribution in [0.4, 0.5) is 0 Å². The zero-order valence-electron chi connectivity index (χ0n) is 14.3.